The van der Waals surface area contributed by atoms with Crippen LogP contribution in [0.3, 0.4) is 0 Å². The van der Waals surface area contributed by atoms with Gasteiger partial charge in [0.15, 0.2) is 11.3 Å². The van der Waals surface area contributed by atoms with Gasteiger partial charge in [0.05, 0.1) is 40.3 Å². The first-order chi connectivity index (χ1) is 22.2. The average Bonchev–Trinajstić information content (AvgIpc) is 3.58. The van der Waals surface area contributed by atoms with E-state index < -0.39 is 35.7 Å². The first kappa shape index (κ1) is 28.2. The van der Waals surface area contributed by atoms with Crippen molar-refractivity contribution < 1.29 is 24.9 Å². The monoisotopic (exact) mass is 611 g/mol. The fraction of sp³-hybridized carbons (Fsp3) is 0.194. The predicted molar refractivity (Wildman–Crippen MR) is 170 cm³/mol. The van der Waals surface area contributed by atoms with Gasteiger partial charge in [-0.1, -0.05) is 66.7 Å². The molecule has 3 aromatic heterocycles. The van der Waals surface area contributed by atoms with E-state index in [0.717, 1.165) is 27.8 Å². The van der Waals surface area contributed by atoms with Crippen LogP contribution in [0.2, 0.25) is 0 Å². The Balaban J connectivity index is 1.27. The Morgan fingerprint density at radius 2 is 1.50 bits per heavy atom. The second-order valence-corrected chi connectivity index (χ2v) is 12.2. The number of aryl methyl sites for hydroxylation is 1. The maximum atomic E-state index is 13.7. The highest BCUT2D eigenvalue weighted by atomic mass is 16.4. The number of aliphatic hydroxyl groups excluding tert-OH is 2. The lowest BCUT2D eigenvalue weighted by atomic mass is 9.58. The van der Waals surface area contributed by atoms with Gasteiger partial charge >= 0.3 is 0 Å². The van der Waals surface area contributed by atoms with Crippen LogP contribution in [-0.4, -0.2) is 69.9 Å². The largest absolute Gasteiger partial charge is 0.394 e. The molecule has 1 saturated carbocycles. The Kier molecular flexibility index (Phi) is 6.20. The summed E-state index contributed by atoms with van der Waals surface area (Å²) < 4.78 is 1.73. The summed E-state index contributed by atoms with van der Waals surface area (Å²) in [6.45, 7) is 1.26. The predicted octanol–water partition coefficient (Wildman–Crippen LogP) is 4.29. The lowest BCUT2D eigenvalue weighted by Gasteiger charge is -2.58. The summed E-state index contributed by atoms with van der Waals surface area (Å²) in [5.41, 5.74) is 3.84. The molecule has 4 heterocycles. The van der Waals surface area contributed by atoms with E-state index in [0.29, 0.717) is 33.7 Å². The Morgan fingerprint density at radius 1 is 0.848 bits per heavy atom. The minimum Gasteiger partial charge on any atom is -0.394 e. The molecule has 1 atom stereocenters. The smallest absolute Gasteiger partial charge is 0.262 e. The number of rotatable bonds is 6. The van der Waals surface area contributed by atoms with Crippen LogP contribution < -0.4 is 0 Å². The fourth-order valence-electron chi connectivity index (χ4n) is 7.09. The summed E-state index contributed by atoms with van der Waals surface area (Å²) in [7, 11) is 0. The maximum Gasteiger partial charge on any atom is 0.262 e. The van der Waals surface area contributed by atoms with E-state index in [2.05, 4.69) is 10.1 Å². The first-order valence-electron chi connectivity index (χ1n) is 15.0. The van der Waals surface area contributed by atoms with Crippen LogP contribution in [0.15, 0.2) is 97.2 Å². The molecular weight excluding hydrogens is 582 g/mol. The molecule has 1 aliphatic heterocycles. The van der Waals surface area contributed by atoms with E-state index in [-0.39, 0.29) is 12.8 Å². The molecule has 6 aromatic rings. The number of hydrogen-bond donors (Lipinski definition) is 3. The van der Waals surface area contributed by atoms with Crippen molar-refractivity contribution in [1.82, 2.24) is 24.5 Å². The molecular formula is C36H29N5O5. The van der Waals surface area contributed by atoms with E-state index >= 15 is 0 Å². The molecule has 2 aliphatic rings. The molecule has 1 aliphatic carbocycles. The highest BCUT2D eigenvalue weighted by Gasteiger charge is 2.64. The Hall–Kier alpha value is -5.29. The number of hydrogen-bond acceptors (Lipinski definition) is 8. The number of aromatic nitrogens is 4. The van der Waals surface area contributed by atoms with Crippen molar-refractivity contribution in [2.75, 3.05) is 6.61 Å². The van der Waals surface area contributed by atoms with Crippen molar-refractivity contribution in [3.05, 3.63) is 120 Å². The lowest BCUT2D eigenvalue weighted by molar-refractivity contribution is -0.196. The minimum absolute atomic E-state index is 0.125. The molecule has 0 radical (unpaired) electrons. The fourth-order valence-corrected chi connectivity index (χ4v) is 7.09. The summed E-state index contributed by atoms with van der Waals surface area (Å²) in [6.07, 6.45) is 0.115. The van der Waals surface area contributed by atoms with Crippen LogP contribution in [0.4, 0.5) is 0 Å². The zero-order chi connectivity index (χ0) is 31.8. The number of carbonyl (C=O) groups is 2. The van der Waals surface area contributed by atoms with Crippen molar-refractivity contribution in [1.29, 1.82) is 0 Å². The second kappa shape index (κ2) is 10.1. The number of nitrogens with zero attached hydrogens (tertiary/aromatic N) is 5. The van der Waals surface area contributed by atoms with Crippen molar-refractivity contribution >= 4 is 28.5 Å². The second-order valence-electron chi connectivity index (χ2n) is 12.2. The zero-order valence-electron chi connectivity index (χ0n) is 24.8. The molecule has 10 heteroatoms. The molecule has 0 saturated heterocycles. The number of imide groups is 1. The maximum absolute atomic E-state index is 13.7. The van der Waals surface area contributed by atoms with Crippen LogP contribution in [-0.2, 0) is 5.54 Å². The molecule has 3 N–H and O–H groups in total. The van der Waals surface area contributed by atoms with E-state index in [1.54, 1.807) is 35.0 Å². The number of carbonyl (C=O) groups excluding carboxylic acids is 2. The summed E-state index contributed by atoms with van der Waals surface area (Å²) in [4.78, 5) is 38.3. The van der Waals surface area contributed by atoms with Gasteiger partial charge in [-0.2, -0.15) is 9.61 Å². The Morgan fingerprint density at radius 3 is 2.15 bits per heavy atom. The molecule has 1 fully saturated rings. The quantitative estimate of drug-likeness (QED) is 0.237. The summed E-state index contributed by atoms with van der Waals surface area (Å²) in [6, 6.07) is 28.0. The number of pyridine rings is 1. The first-order valence-corrected chi connectivity index (χ1v) is 15.0. The third kappa shape index (κ3) is 4.04. The summed E-state index contributed by atoms with van der Waals surface area (Å²) >= 11 is 0. The van der Waals surface area contributed by atoms with Crippen molar-refractivity contribution in [3.63, 3.8) is 0 Å². The molecule has 8 rings (SSSR count). The zero-order valence-corrected chi connectivity index (χ0v) is 24.8. The van der Waals surface area contributed by atoms with E-state index in [1.165, 1.54) is 4.90 Å². The van der Waals surface area contributed by atoms with Gasteiger partial charge in [0.25, 0.3) is 11.8 Å². The highest BCUT2D eigenvalue weighted by molar-refractivity contribution is 6.22. The molecule has 228 valence electrons. The number of aliphatic hydroxyl groups is 3. The Bertz CT molecular complexity index is 2150. The van der Waals surface area contributed by atoms with E-state index in [1.807, 2.05) is 73.7 Å². The Labute approximate surface area is 263 Å². The SMILES string of the molecule is Cc1cc2ncc3cc(-c4ccccc4)c(-c4ccc(C5(N6C(=O)c7ccccc7C6=O)CC(O)(C(O)CO)C5)cc4)nc3n2n1. The summed E-state index contributed by atoms with van der Waals surface area (Å²) in [5.74, 6) is -0.917. The highest BCUT2D eigenvalue weighted by Crippen LogP contribution is 2.56. The van der Waals surface area contributed by atoms with Crippen LogP contribution in [0.5, 0.6) is 0 Å². The van der Waals surface area contributed by atoms with Gasteiger partial charge in [-0.05, 0) is 36.2 Å². The van der Waals surface area contributed by atoms with Crippen LogP contribution in [0.1, 0.15) is 44.8 Å². The van der Waals surface area contributed by atoms with Crippen LogP contribution in [0.25, 0.3) is 39.1 Å². The van der Waals surface area contributed by atoms with Gasteiger partial charge < -0.3 is 15.3 Å². The third-order valence-electron chi connectivity index (χ3n) is 9.37. The van der Waals surface area contributed by atoms with Gasteiger partial charge in [0, 0.05) is 41.6 Å². The topological polar surface area (TPSA) is 141 Å². The van der Waals surface area contributed by atoms with E-state index in [4.69, 9.17) is 4.98 Å². The van der Waals surface area contributed by atoms with Crippen molar-refractivity contribution in [2.24, 2.45) is 0 Å². The minimum atomic E-state index is -1.68. The number of benzene rings is 3. The average molecular weight is 612 g/mol. The molecule has 0 bridgehead atoms. The van der Waals surface area contributed by atoms with Gasteiger partial charge in [0.2, 0.25) is 0 Å². The van der Waals surface area contributed by atoms with Gasteiger partial charge in [0.1, 0.15) is 6.10 Å². The third-order valence-corrected chi connectivity index (χ3v) is 9.37. The van der Waals surface area contributed by atoms with Gasteiger partial charge in [-0.25, -0.2) is 9.97 Å². The molecule has 10 nitrogen and oxygen atoms in total. The standard InChI is InChI=1S/C36H29N5O5/c1-21-15-30-37-17-24-16-28(22-7-3-2-4-8-22)31(38-32(24)41(30)39-21)23-11-13-25(14-12-23)35(19-36(46,20-35)29(43)18-42)40-33(44)26-9-5-6-10-27(26)34(40)45/h2-17,29,42-43,46H,18-20H2,1H3. The van der Waals surface area contributed by atoms with E-state index in [9.17, 15) is 24.9 Å². The van der Waals surface area contributed by atoms with Crippen LogP contribution >= 0.6 is 0 Å². The lowest BCUT2D eigenvalue weighted by Crippen LogP contribution is -2.68. The van der Waals surface area contributed by atoms with Crippen LogP contribution in [0, 0.1) is 6.92 Å². The normalized spacial score (nSPS) is 21.5. The molecule has 2 amide bonds. The number of fused-ring (bicyclic) bond motifs is 4. The van der Waals surface area contributed by atoms with Crippen molar-refractivity contribution in [2.45, 2.75) is 37.0 Å². The van der Waals surface area contributed by atoms with Crippen molar-refractivity contribution in [3.8, 4) is 22.4 Å². The van der Waals surface area contributed by atoms with Gasteiger partial charge in [-0.3, -0.25) is 14.5 Å². The molecule has 0 spiro atoms. The van der Waals surface area contributed by atoms with Gasteiger partial charge in [-0.15, -0.1) is 0 Å². The molecule has 3 aromatic carbocycles. The summed E-state index contributed by atoms with van der Waals surface area (Å²) in [5, 5.41) is 36.8. The molecule has 46 heavy (non-hydrogen) atoms. The number of amides is 2. The molecule has 1 unspecified atom stereocenters.